The first-order valence-electron chi connectivity index (χ1n) is 6.04. The second-order valence-electron chi connectivity index (χ2n) is 4.19. The average molecular weight is 304 g/mol. The zero-order chi connectivity index (χ0) is 14.3. The lowest BCUT2D eigenvalue weighted by Crippen LogP contribution is -2.29. The van der Waals surface area contributed by atoms with Crippen LogP contribution < -0.4 is 10.0 Å². The second-order valence-corrected chi connectivity index (χ2v) is 6.86. The van der Waals surface area contributed by atoms with Crippen LogP contribution in [0.3, 0.4) is 0 Å². The Morgan fingerprint density at radius 3 is 2.53 bits per heavy atom. The lowest BCUT2D eigenvalue weighted by Gasteiger charge is -2.11. The monoisotopic (exact) mass is 304 g/mol. The lowest BCUT2D eigenvalue weighted by molar-refractivity contribution is 0.562. The third-order valence-electron chi connectivity index (χ3n) is 2.35. The molecule has 0 aliphatic rings. The summed E-state index contributed by atoms with van der Waals surface area (Å²) >= 11 is 1.70. The van der Waals surface area contributed by atoms with Gasteiger partial charge in [0.25, 0.3) is 0 Å². The SMILES string of the molecule is CCNc1ncc(S(=O)(=O)NCC(C)CSC)cn1. The summed E-state index contributed by atoms with van der Waals surface area (Å²) in [7, 11) is -3.52. The molecule has 0 saturated carbocycles. The van der Waals surface area contributed by atoms with E-state index in [4.69, 9.17) is 0 Å². The van der Waals surface area contributed by atoms with E-state index in [0.29, 0.717) is 19.0 Å². The van der Waals surface area contributed by atoms with Crippen LogP contribution in [-0.2, 0) is 10.0 Å². The minimum atomic E-state index is -3.52. The minimum absolute atomic E-state index is 0.0884. The predicted octanol–water partition coefficient (Wildman–Crippen LogP) is 1.19. The minimum Gasteiger partial charge on any atom is -0.355 e. The number of sulfonamides is 1. The van der Waals surface area contributed by atoms with Gasteiger partial charge in [-0.05, 0) is 24.9 Å². The van der Waals surface area contributed by atoms with E-state index in [1.807, 2.05) is 20.1 Å². The second kappa shape index (κ2) is 7.66. The number of thioether (sulfide) groups is 1. The molecule has 0 radical (unpaired) electrons. The molecule has 1 heterocycles. The van der Waals surface area contributed by atoms with Crippen molar-refractivity contribution in [1.82, 2.24) is 14.7 Å². The highest BCUT2D eigenvalue weighted by molar-refractivity contribution is 7.98. The zero-order valence-corrected chi connectivity index (χ0v) is 13.0. The maximum Gasteiger partial charge on any atom is 0.243 e. The molecule has 0 spiro atoms. The first-order valence-corrected chi connectivity index (χ1v) is 8.91. The molecule has 19 heavy (non-hydrogen) atoms. The van der Waals surface area contributed by atoms with Crippen molar-refractivity contribution < 1.29 is 8.42 Å². The summed E-state index contributed by atoms with van der Waals surface area (Å²) in [5.41, 5.74) is 0. The van der Waals surface area contributed by atoms with Crippen LogP contribution >= 0.6 is 11.8 Å². The topological polar surface area (TPSA) is 84.0 Å². The Kier molecular flexibility index (Phi) is 6.53. The number of anilines is 1. The fourth-order valence-electron chi connectivity index (χ4n) is 1.38. The van der Waals surface area contributed by atoms with Gasteiger partial charge in [0.1, 0.15) is 4.90 Å². The highest BCUT2D eigenvalue weighted by Gasteiger charge is 2.16. The quantitative estimate of drug-likeness (QED) is 0.750. The van der Waals surface area contributed by atoms with E-state index >= 15 is 0 Å². The van der Waals surface area contributed by atoms with Gasteiger partial charge in [-0.15, -0.1) is 0 Å². The normalized spacial score (nSPS) is 13.2. The summed E-state index contributed by atoms with van der Waals surface area (Å²) in [6.45, 7) is 5.03. The summed E-state index contributed by atoms with van der Waals surface area (Å²) in [5.74, 6) is 1.63. The molecule has 1 aromatic rings. The maximum atomic E-state index is 12.0. The predicted molar refractivity (Wildman–Crippen MR) is 78.9 cm³/mol. The molecule has 0 bridgehead atoms. The van der Waals surface area contributed by atoms with Crippen LogP contribution in [0.25, 0.3) is 0 Å². The van der Waals surface area contributed by atoms with E-state index in [1.54, 1.807) is 11.8 Å². The molecule has 1 unspecified atom stereocenters. The Balaban J connectivity index is 2.66. The van der Waals surface area contributed by atoms with Crippen LogP contribution in [0.1, 0.15) is 13.8 Å². The van der Waals surface area contributed by atoms with Crippen LogP contribution in [0.2, 0.25) is 0 Å². The van der Waals surface area contributed by atoms with Gasteiger partial charge in [0.15, 0.2) is 0 Å². The van der Waals surface area contributed by atoms with Crippen molar-refractivity contribution in [3.05, 3.63) is 12.4 Å². The third kappa shape index (κ3) is 5.33. The van der Waals surface area contributed by atoms with Crippen molar-refractivity contribution in [1.29, 1.82) is 0 Å². The van der Waals surface area contributed by atoms with Gasteiger partial charge in [0, 0.05) is 13.1 Å². The first kappa shape index (κ1) is 16.2. The van der Waals surface area contributed by atoms with Crippen molar-refractivity contribution in [3.63, 3.8) is 0 Å². The van der Waals surface area contributed by atoms with Gasteiger partial charge in [-0.1, -0.05) is 6.92 Å². The smallest absolute Gasteiger partial charge is 0.243 e. The van der Waals surface area contributed by atoms with Crippen molar-refractivity contribution in [3.8, 4) is 0 Å². The summed E-state index contributed by atoms with van der Waals surface area (Å²) in [4.78, 5) is 7.99. The maximum absolute atomic E-state index is 12.0. The fourth-order valence-corrected chi connectivity index (χ4v) is 3.12. The van der Waals surface area contributed by atoms with E-state index < -0.39 is 10.0 Å². The van der Waals surface area contributed by atoms with Gasteiger partial charge in [-0.2, -0.15) is 11.8 Å². The van der Waals surface area contributed by atoms with Crippen molar-refractivity contribution >= 4 is 27.7 Å². The molecule has 108 valence electrons. The zero-order valence-electron chi connectivity index (χ0n) is 11.4. The number of hydrogen-bond acceptors (Lipinski definition) is 6. The van der Waals surface area contributed by atoms with Crippen LogP contribution in [0.4, 0.5) is 5.95 Å². The molecular weight excluding hydrogens is 284 g/mol. The van der Waals surface area contributed by atoms with Crippen LogP contribution in [-0.4, -0.2) is 43.5 Å². The van der Waals surface area contributed by atoms with Gasteiger partial charge in [0.2, 0.25) is 16.0 Å². The van der Waals surface area contributed by atoms with Gasteiger partial charge in [0.05, 0.1) is 12.4 Å². The molecule has 8 heteroatoms. The number of nitrogens with one attached hydrogen (secondary N) is 2. The first-order chi connectivity index (χ1) is 8.99. The molecule has 0 aliphatic carbocycles. The van der Waals surface area contributed by atoms with Gasteiger partial charge in [-0.25, -0.2) is 23.1 Å². The van der Waals surface area contributed by atoms with Gasteiger partial charge in [-0.3, -0.25) is 0 Å². The molecule has 1 atom stereocenters. The van der Waals surface area contributed by atoms with E-state index in [1.165, 1.54) is 12.4 Å². The van der Waals surface area contributed by atoms with Crippen molar-refractivity contribution in [2.45, 2.75) is 18.7 Å². The summed E-state index contributed by atoms with van der Waals surface area (Å²) < 4.78 is 26.6. The van der Waals surface area contributed by atoms with E-state index in [9.17, 15) is 8.42 Å². The molecule has 1 aromatic heterocycles. The summed E-state index contributed by atoms with van der Waals surface area (Å²) in [6.07, 6.45) is 4.62. The van der Waals surface area contributed by atoms with Crippen LogP contribution in [0.15, 0.2) is 17.3 Å². The Bertz CT molecular complexity index is 476. The number of hydrogen-bond donors (Lipinski definition) is 2. The molecule has 0 fully saturated rings. The van der Waals surface area contributed by atoms with E-state index in [-0.39, 0.29) is 10.8 Å². The number of nitrogens with zero attached hydrogens (tertiary/aromatic N) is 2. The average Bonchev–Trinajstić information content (AvgIpc) is 2.38. The standard InChI is InChI=1S/C11H20N4O2S2/c1-4-12-11-13-6-10(7-14-11)19(16,17)15-5-9(2)8-18-3/h6-7,9,15H,4-5,8H2,1-3H3,(H,12,13,14). The Hall–Kier alpha value is -0.860. The van der Waals surface area contributed by atoms with Gasteiger partial charge < -0.3 is 5.32 Å². The highest BCUT2D eigenvalue weighted by Crippen LogP contribution is 2.09. The van der Waals surface area contributed by atoms with Crippen molar-refractivity contribution in [2.75, 3.05) is 30.4 Å². The van der Waals surface area contributed by atoms with Crippen LogP contribution in [0.5, 0.6) is 0 Å². The van der Waals surface area contributed by atoms with Gasteiger partial charge >= 0.3 is 0 Å². The Morgan fingerprint density at radius 2 is 2.00 bits per heavy atom. The third-order valence-corrected chi connectivity index (χ3v) is 4.63. The summed E-state index contributed by atoms with van der Waals surface area (Å²) in [5, 5.41) is 2.91. The molecule has 0 aliphatic heterocycles. The lowest BCUT2D eigenvalue weighted by atomic mass is 10.2. The highest BCUT2D eigenvalue weighted by atomic mass is 32.2. The van der Waals surface area contributed by atoms with Crippen LogP contribution in [0, 0.1) is 5.92 Å². The Labute approximate surface area is 118 Å². The fraction of sp³-hybridized carbons (Fsp3) is 0.636. The molecule has 0 saturated heterocycles. The number of rotatable bonds is 8. The summed E-state index contributed by atoms with van der Waals surface area (Å²) in [6, 6.07) is 0. The molecule has 6 nitrogen and oxygen atoms in total. The molecule has 2 N–H and O–H groups in total. The molecule has 1 rings (SSSR count). The molecule has 0 aromatic carbocycles. The van der Waals surface area contributed by atoms with E-state index in [2.05, 4.69) is 20.0 Å². The van der Waals surface area contributed by atoms with Crippen molar-refractivity contribution in [2.24, 2.45) is 5.92 Å². The largest absolute Gasteiger partial charge is 0.355 e. The number of aromatic nitrogens is 2. The Morgan fingerprint density at radius 1 is 1.37 bits per heavy atom. The van der Waals surface area contributed by atoms with E-state index in [0.717, 1.165) is 5.75 Å². The molecular formula is C11H20N4O2S2. The molecule has 0 amide bonds.